The number of carbonyl (C=O) groups excluding carboxylic acids is 1. The zero-order valence-electron chi connectivity index (χ0n) is 19.0. The molecule has 0 atom stereocenters. The van der Waals surface area contributed by atoms with E-state index in [0.717, 1.165) is 37.2 Å². The van der Waals surface area contributed by atoms with E-state index in [-0.39, 0.29) is 11.8 Å². The molecule has 7 nitrogen and oxygen atoms in total. The van der Waals surface area contributed by atoms with Gasteiger partial charge in [0.25, 0.3) is 0 Å². The lowest BCUT2D eigenvalue weighted by Gasteiger charge is -2.27. The number of rotatable bonds is 10. The summed E-state index contributed by atoms with van der Waals surface area (Å²) in [5.74, 6) is 1.44. The molecule has 1 N–H and O–H groups in total. The quantitative estimate of drug-likeness (QED) is 0.462. The van der Waals surface area contributed by atoms with Crippen LogP contribution in [-0.2, 0) is 16.1 Å². The molecule has 4 rings (SSSR count). The third-order valence-electron chi connectivity index (χ3n) is 5.80. The molecule has 1 aromatic heterocycles. The topological polar surface area (TPSA) is 72.3 Å². The summed E-state index contributed by atoms with van der Waals surface area (Å²) < 4.78 is 7.51. The van der Waals surface area contributed by atoms with Gasteiger partial charge in [-0.25, -0.2) is 0 Å². The molecule has 1 saturated heterocycles. The number of ether oxygens (including phenoxy) is 1. The Morgan fingerprint density at radius 1 is 1.03 bits per heavy atom. The van der Waals surface area contributed by atoms with Crippen molar-refractivity contribution in [3.8, 4) is 0 Å². The lowest BCUT2D eigenvalue weighted by Crippen LogP contribution is -2.38. The fourth-order valence-corrected chi connectivity index (χ4v) is 4.92. The molecule has 0 unspecified atom stereocenters. The number of amides is 1. The van der Waals surface area contributed by atoms with E-state index >= 15 is 0 Å². The van der Waals surface area contributed by atoms with Crippen LogP contribution in [-0.4, -0.2) is 59.3 Å². The second-order valence-corrected chi connectivity index (χ2v) is 8.87. The van der Waals surface area contributed by atoms with E-state index in [1.54, 1.807) is 0 Å². The zero-order valence-corrected chi connectivity index (χ0v) is 19.8. The molecule has 2 heterocycles. The summed E-state index contributed by atoms with van der Waals surface area (Å²) in [5.41, 5.74) is 2.53. The van der Waals surface area contributed by atoms with Crippen molar-refractivity contribution in [1.82, 2.24) is 20.1 Å². The van der Waals surface area contributed by atoms with Crippen LogP contribution in [0.4, 0.5) is 5.95 Å². The summed E-state index contributed by atoms with van der Waals surface area (Å²) in [7, 11) is 0. The van der Waals surface area contributed by atoms with Gasteiger partial charge in [-0.3, -0.25) is 9.36 Å². The maximum absolute atomic E-state index is 12.6. The molecular formula is C25H31N5O2S. The molecule has 1 aliphatic rings. The molecule has 1 amide bonds. The molecule has 0 saturated carbocycles. The van der Waals surface area contributed by atoms with Crippen LogP contribution in [0, 0.1) is 0 Å². The Kier molecular flexibility index (Phi) is 8.38. The van der Waals surface area contributed by atoms with Gasteiger partial charge in [-0.05, 0) is 24.5 Å². The van der Waals surface area contributed by atoms with Crippen LogP contribution < -0.4 is 10.2 Å². The Bertz CT molecular complexity index is 967. The maximum Gasteiger partial charge on any atom is 0.230 e. The zero-order chi connectivity index (χ0) is 22.9. The first-order valence-electron chi connectivity index (χ1n) is 11.5. The van der Waals surface area contributed by atoms with Crippen molar-refractivity contribution in [1.29, 1.82) is 0 Å². The standard InChI is InChI=1S/C25H31N5O2S/c1-2-30-24(29-15-17-32-18-16-29)27-28-25(30)33-19-23(31)26-14-13-22(20-9-5-3-6-10-20)21-11-7-4-8-12-21/h3-12,22H,2,13-19H2,1H3,(H,26,31). The predicted octanol–water partition coefficient (Wildman–Crippen LogP) is 3.57. The number of aromatic nitrogens is 3. The molecule has 33 heavy (non-hydrogen) atoms. The van der Waals surface area contributed by atoms with Gasteiger partial charge in [-0.15, -0.1) is 10.2 Å². The molecule has 8 heteroatoms. The van der Waals surface area contributed by atoms with Crippen molar-refractivity contribution >= 4 is 23.6 Å². The van der Waals surface area contributed by atoms with Crippen molar-refractivity contribution in [2.75, 3.05) is 43.5 Å². The minimum absolute atomic E-state index is 0.0125. The first-order valence-corrected chi connectivity index (χ1v) is 12.5. The van der Waals surface area contributed by atoms with Crippen molar-refractivity contribution in [3.63, 3.8) is 0 Å². The van der Waals surface area contributed by atoms with E-state index in [4.69, 9.17) is 4.74 Å². The Hall–Kier alpha value is -2.84. The number of hydrogen-bond acceptors (Lipinski definition) is 6. The van der Waals surface area contributed by atoms with Gasteiger partial charge in [-0.1, -0.05) is 72.4 Å². The average molecular weight is 466 g/mol. The summed E-state index contributed by atoms with van der Waals surface area (Å²) in [6, 6.07) is 20.9. The van der Waals surface area contributed by atoms with Crippen LogP contribution in [0.5, 0.6) is 0 Å². The van der Waals surface area contributed by atoms with E-state index in [2.05, 4.69) is 80.4 Å². The molecule has 1 aliphatic heterocycles. The normalized spacial score (nSPS) is 13.9. The number of benzene rings is 2. The summed E-state index contributed by atoms with van der Waals surface area (Å²) in [5, 5.41) is 12.6. The van der Waals surface area contributed by atoms with Gasteiger partial charge in [0.05, 0.1) is 19.0 Å². The Morgan fingerprint density at radius 2 is 1.67 bits per heavy atom. The molecule has 1 fully saturated rings. The third kappa shape index (κ3) is 6.15. The molecular weight excluding hydrogens is 434 g/mol. The predicted molar refractivity (Wildman–Crippen MR) is 132 cm³/mol. The van der Waals surface area contributed by atoms with E-state index in [1.165, 1.54) is 22.9 Å². The Morgan fingerprint density at radius 3 is 2.27 bits per heavy atom. The van der Waals surface area contributed by atoms with Crippen LogP contribution in [0.2, 0.25) is 0 Å². The van der Waals surface area contributed by atoms with Gasteiger partial charge >= 0.3 is 0 Å². The highest BCUT2D eigenvalue weighted by molar-refractivity contribution is 7.99. The molecule has 174 valence electrons. The van der Waals surface area contributed by atoms with Crippen LogP contribution in [0.3, 0.4) is 0 Å². The molecule has 3 aromatic rings. The van der Waals surface area contributed by atoms with Crippen LogP contribution >= 0.6 is 11.8 Å². The first-order chi connectivity index (χ1) is 16.3. The third-order valence-corrected chi connectivity index (χ3v) is 6.77. The molecule has 0 radical (unpaired) electrons. The Labute approximate surface area is 199 Å². The fraction of sp³-hybridized carbons (Fsp3) is 0.400. The second kappa shape index (κ2) is 11.9. The highest BCUT2D eigenvalue weighted by Crippen LogP contribution is 2.27. The highest BCUT2D eigenvalue weighted by Gasteiger charge is 2.20. The lowest BCUT2D eigenvalue weighted by atomic mass is 9.88. The highest BCUT2D eigenvalue weighted by atomic mass is 32.2. The van der Waals surface area contributed by atoms with Crippen molar-refractivity contribution in [2.24, 2.45) is 0 Å². The first kappa shape index (κ1) is 23.3. The minimum atomic E-state index is 0.0125. The van der Waals surface area contributed by atoms with Crippen molar-refractivity contribution in [3.05, 3.63) is 71.8 Å². The molecule has 0 spiro atoms. The second-order valence-electron chi connectivity index (χ2n) is 7.93. The van der Waals surface area contributed by atoms with Crippen LogP contribution in [0.25, 0.3) is 0 Å². The van der Waals surface area contributed by atoms with Gasteiger partial charge in [0.2, 0.25) is 11.9 Å². The average Bonchev–Trinajstić information content (AvgIpc) is 3.30. The van der Waals surface area contributed by atoms with E-state index in [9.17, 15) is 4.79 Å². The van der Waals surface area contributed by atoms with Crippen LogP contribution in [0.1, 0.15) is 30.4 Å². The summed E-state index contributed by atoms with van der Waals surface area (Å²) in [4.78, 5) is 14.8. The van der Waals surface area contributed by atoms with Crippen molar-refractivity contribution in [2.45, 2.75) is 31.0 Å². The van der Waals surface area contributed by atoms with Gasteiger partial charge in [0, 0.05) is 32.1 Å². The number of thioether (sulfide) groups is 1. The number of morpholine rings is 1. The molecule has 0 bridgehead atoms. The van der Waals surface area contributed by atoms with Gasteiger partial charge in [0.15, 0.2) is 5.16 Å². The maximum atomic E-state index is 12.6. The number of anilines is 1. The number of carbonyl (C=O) groups is 1. The number of nitrogens with zero attached hydrogens (tertiary/aromatic N) is 4. The summed E-state index contributed by atoms with van der Waals surface area (Å²) in [6.07, 6.45) is 0.844. The monoisotopic (exact) mass is 465 g/mol. The molecule has 2 aromatic carbocycles. The van der Waals surface area contributed by atoms with Gasteiger partial charge in [0.1, 0.15) is 0 Å². The van der Waals surface area contributed by atoms with E-state index in [1.807, 2.05) is 12.1 Å². The summed E-state index contributed by atoms with van der Waals surface area (Å²) >= 11 is 1.44. The summed E-state index contributed by atoms with van der Waals surface area (Å²) in [6.45, 7) is 6.49. The van der Waals surface area contributed by atoms with Gasteiger partial charge < -0.3 is 15.0 Å². The Balaban J connectivity index is 1.31. The largest absolute Gasteiger partial charge is 0.378 e. The minimum Gasteiger partial charge on any atom is -0.378 e. The van der Waals surface area contributed by atoms with Crippen LogP contribution in [0.15, 0.2) is 65.8 Å². The van der Waals surface area contributed by atoms with E-state index in [0.29, 0.717) is 25.5 Å². The fourth-order valence-electron chi connectivity index (χ4n) is 4.10. The number of hydrogen-bond donors (Lipinski definition) is 1. The van der Waals surface area contributed by atoms with Crippen molar-refractivity contribution < 1.29 is 9.53 Å². The van der Waals surface area contributed by atoms with Gasteiger partial charge in [-0.2, -0.15) is 0 Å². The lowest BCUT2D eigenvalue weighted by molar-refractivity contribution is -0.118. The van der Waals surface area contributed by atoms with E-state index < -0.39 is 0 Å². The SMILES string of the molecule is CCn1c(SCC(=O)NCCC(c2ccccc2)c2ccccc2)nnc1N1CCOCC1. The smallest absolute Gasteiger partial charge is 0.230 e. The molecule has 0 aliphatic carbocycles. The number of nitrogens with one attached hydrogen (secondary N) is 1.